The van der Waals surface area contributed by atoms with Gasteiger partial charge in [-0.1, -0.05) is 6.92 Å². The Bertz CT molecular complexity index is 780. The van der Waals surface area contributed by atoms with Crippen molar-refractivity contribution in [3.63, 3.8) is 0 Å². The van der Waals surface area contributed by atoms with Crippen LogP contribution in [-0.4, -0.2) is 40.4 Å². The number of carbonyl (C=O) groups is 1. The van der Waals surface area contributed by atoms with E-state index in [4.69, 9.17) is 5.11 Å². The van der Waals surface area contributed by atoms with E-state index >= 15 is 0 Å². The van der Waals surface area contributed by atoms with Gasteiger partial charge in [0, 0.05) is 12.5 Å². The lowest BCUT2D eigenvalue weighted by molar-refractivity contribution is -0.141. The van der Waals surface area contributed by atoms with E-state index in [1.54, 1.807) is 0 Å². The predicted molar refractivity (Wildman–Crippen MR) is 73.1 cm³/mol. The number of carboxylic acids is 1. The van der Waals surface area contributed by atoms with E-state index in [0.29, 0.717) is 6.26 Å². The van der Waals surface area contributed by atoms with Crippen LogP contribution in [0.3, 0.4) is 0 Å². The number of aliphatic carboxylic acids is 1. The molecule has 1 unspecified atom stereocenters. The van der Waals surface area contributed by atoms with Gasteiger partial charge in [0.1, 0.15) is 10.7 Å². The summed E-state index contributed by atoms with van der Waals surface area (Å²) in [4.78, 5) is 9.24. The van der Waals surface area contributed by atoms with Crippen LogP contribution in [0.4, 0.5) is 4.39 Å². The average Bonchev–Trinajstić information content (AvgIpc) is 2.24. The number of carboxylic acid groups (broad SMARTS) is 1. The highest BCUT2D eigenvalue weighted by molar-refractivity contribution is 7.93. The lowest BCUT2D eigenvalue weighted by atomic mass is 10.0. The van der Waals surface area contributed by atoms with Crippen LogP contribution in [0.1, 0.15) is 12.5 Å². The fraction of sp³-hybridized carbons (Fsp3) is 0.417. The number of sulfone groups is 2. The fourth-order valence-corrected chi connectivity index (χ4v) is 4.36. The van der Waals surface area contributed by atoms with Crippen LogP contribution in [0.25, 0.3) is 0 Å². The number of rotatable bonds is 5. The summed E-state index contributed by atoms with van der Waals surface area (Å²) >= 11 is 0. The molecule has 1 rings (SSSR count). The Morgan fingerprint density at radius 3 is 2.10 bits per heavy atom. The van der Waals surface area contributed by atoms with Crippen molar-refractivity contribution in [1.29, 1.82) is 0 Å². The zero-order valence-electron chi connectivity index (χ0n) is 11.6. The second-order valence-corrected chi connectivity index (χ2v) is 8.83. The van der Waals surface area contributed by atoms with Gasteiger partial charge in [-0.25, -0.2) is 21.2 Å². The van der Waals surface area contributed by atoms with Crippen molar-refractivity contribution in [2.75, 3.05) is 12.5 Å². The Kier molecular flexibility index (Phi) is 4.79. The summed E-state index contributed by atoms with van der Waals surface area (Å²) in [6, 6.07) is 1.86. The minimum atomic E-state index is -4.08. The molecule has 0 amide bonds. The van der Waals surface area contributed by atoms with E-state index in [0.717, 1.165) is 18.4 Å². The maximum Gasteiger partial charge on any atom is 0.306 e. The molecule has 0 radical (unpaired) electrons. The molecular formula is C12H15FO6S2. The maximum atomic E-state index is 14.0. The monoisotopic (exact) mass is 338 g/mol. The van der Waals surface area contributed by atoms with Crippen molar-refractivity contribution < 1.29 is 31.1 Å². The molecule has 0 saturated carbocycles. The van der Waals surface area contributed by atoms with Gasteiger partial charge >= 0.3 is 5.97 Å². The van der Waals surface area contributed by atoms with Crippen LogP contribution in [0.5, 0.6) is 0 Å². The Labute approximate surface area is 122 Å². The third-order valence-electron chi connectivity index (χ3n) is 2.80. The Hall–Kier alpha value is -1.48. The Morgan fingerprint density at radius 2 is 1.71 bits per heavy atom. The second kappa shape index (κ2) is 5.72. The molecule has 0 aliphatic rings. The van der Waals surface area contributed by atoms with E-state index in [9.17, 15) is 26.0 Å². The molecule has 1 atom stereocenters. The summed E-state index contributed by atoms with van der Waals surface area (Å²) in [5.74, 6) is -3.18. The molecule has 21 heavy (non-hydrogen) atoms. The van der Waals surface area contributed by atoms with Crippen molar-refractivity contribution in [3.05, 3.63) is 23.5 Å². The summed E-state index contributed by atoms with van der Waals surface area (Å²) in [6.45, 7) is 1.38. The smallest absolute Gasteiger partial charge is 0.306 e. The zero-order valence-corrected chi connectivity index (χ0v) is 13.3. The zero-order chi connectivity index (χ0) is 16.6. The van der Waals surface area contributed by atoms with Gasteiger partial charge in [-0.3, -0.25) is 4.79 Å². The number of halogens is 1. The molecule has 0 saturated heterocycles. The van der Waals surface area contributed by atoms with E-state index in [1.165, 1.54) is 6.92 Å². The van der Waals surface area contributed by atoms with Crippen LogP contribution in [0.15, 0.2) is 21.9 Å². The number of hydrogen-bond donors (Lipinski definition) is 1. The molecule has 0 aliphatic heterocycles. The van der Waals surface area contributed by atoms with Crippen molar-refractivity contribution in [2.24, 2.45) is 5.92 Å². The van der Waals surface area contributed by atoms with Crippen LogP contribution >= 0.6 is 0 Å². The third kappa shape index (κ3) is 4.24. The number of benzene rings is 1. The lowest BCUT2D eigenvalue weighted by Gasteiger charge is -2.12. The highest BCUT2D eigenvalue weighted by Gasteiger charge is 2.26. The van der Waals surface area contributed by atoms with Crippen LogP contribution in [0.2, 0.25) is 0 Å². The van der Waals surface area contributed by atoms with Gasteiger partial charge < -0.3 is 5.11 Å². The van der Waals surface area contributed by atoms with Gasteiger partial charge in [-0.2, -0.15) is 0 Å². The first-order valence-electron chi connectivity index (χ1n) is 5.79. The standard InChI is InChI=1S/C12H15FO6S2/c1-7(12(14)15)4-8-5-9(13)11(21(3,18)19)10(6-8)20(2,16)17/h5-7H,4H2,1-3H3,(H,14,15). The van der Waals surface area contributed by atoms with E-state index < -0.39 is 47.2 Å². The minimum absolute atomic E-state index is 0.107. The highest BCUT2D eigenvalue weighted by atomic mass is 32.2. The molecule has 0 aliphatic carbocycles. The molecule has 0 aromatic heterocycles. The SMILES string of the molecule is CC(Cc1cc(F)c(S(C)(=O)=O)c(S(C)(=O)=O)c1)C(=O)O. The summed E-state index contributed by atoms with van der Waals surface area (Å²) in [5, 5.41) is 8.82. The van der Waals surface area contributed by atoms with Crippen molar-refractivity contribution in [1.82, 2.24) is 0 Å². The molecule has 0 fully saturated rings. The van der Waals surface area contributed by atoms with Gasteiger partial charge in [0.05, 0.1) is 10.8 Å². The molecule has 1 aromatic rings. The third-order valence-corrected chi connectivity index (χ3v) is 5.21. The maximum absolute atomic E-state index is 14.0. The summed E-state index contributed by atoms with van der Waals surface area (Å²) in [6.07, 6.45) is 1.36. The molecule has 0 bridgehead atoms. The molecule has 0 heterocycles. The van der Waals surface area contributed by atoms with Gasteiger partial charge in [-0.05, 0) is 24.1 Å². The van der Waals surface area contributed by atoms with E-state index in [2.05, 4.69) is 0 Å². The first kappa shape index (κ1) is 17.6. The summed E-state index contributed by atoms with van der Waals surface area (Å²) in [7, 11) is -8.06. The van der Waals surface area contributed by atoms with Gasteiger partial charge in [-0.15, -0.1) is 0 Å². The first-order chi connectivity index (χ1) is 9.34. The topological polar surface area (TPSA) is 106 Å². The van der Waals surface area contributed by atoms with Gasteiger partial charge in [0.15, 0.2) is 19.7 Å². The Balaban J connectivity index is 3.58. The quantitative estimate of drug-likeness (QED) is 0.855. The summed E-state index contributed by atoms with van der Waals surface area (Å²) in [5.41, 5.74) is 0.107. The number of hydrogen-bond acceptors (Lipinski definition) is 5. The first-order valence-corrected chi connectivity index (χ1v) is 9.57. The fourth-order valence-electron chi connectivity index (χ4n) is 1.82. The van der Waals surface area contributed by atoms with Gasteiger partial charge in [0.25, 0.3) is 0 Å². The van der Waals surface area contributed by atoms with Gasteiger partial charge in [0.2, 0.25) is 0 Å². The molecule has 118 valence electrons. The molecule has 9 heteroatoms. The van der Waals surface area contributed by atoms with E-state index in [1.807, 2.05) is 0 Å². The predicted octanol–water partition coefficient (Wildman–Crippen LogP) is 0.896. The molecule has 6 nitrogen and oxygen atoms in total. The van der Waals surface area contributed by atoms with E-state index in [-0.39, 0.29) is 12.0 Å². The molecular weight excluding hydrogens is 323 g/mol. The summed E-state index contributed by atoms with van der Waals surface area (Å²) < 4.78 is 60.5. The molecule has 0 spiro atoms. The molecule has 1 N–H and O–H groups in total. The highest BCUT2D eigenvalue weighted by Crippen LogP contribution is 2.27. The normalized spacial score (nSPS) is 13.9. The Morgan fingerprint density at radius 1 is 1.19 bits per heavy atom. The van der Waals surface area contributed by atoms with Crippen molar-refractivity contribution >= 4 is 25.6 Å². The average molecular weight is 338 g/mol. The van der Waals surface area contributed by atoms with Crippen molar-refractivity contribution in [2.45, 2.75) is 23.1 Å². The largest absolute Gasteiger partial charge is 0.481 e. The van der Waals surface area contributed by atoms with Crippen LogP contribution < -0.4 is 0 Å². The van der Waals surface area contributed by atoms with Crippen LogP contribution in [-0.2, 0) is 30.9 Å². The lowest BCUT2D eigenvalue weighted by Crippen LogP contribution is -2.15. The molecule has 1 aromatic carbocycles. The second-order valence-electron chi connectivity index (χ2n) is 4.89. The minimum Gasteiger partial charge on any atom is -0.481 e. The van der Waals surface area contributed by atoms with Crippen molar-refractivity contribution in [3.8, 4) is 0 Å². The van der Waals surface area contributed by atoms with Crippen LogP contribution in [0, 0.1) is 11.7 Å².